The molecule has 0 fully saturated rings. The quantitative estimate of drug-likeness (QED) is 0.430. The highest BCUT2D eigenvalue weighted by Crippen LogP contribution is 2.13. The van der Waals surface area contributed by atoms with Crippen molar-refractivity contribution in [1.82, 2.24) is 0 Å². The number of rotatable bonds is 5. The average Bonchev–Trinajstić information content (AvgIpc) is 2.29. The van der Waals surface area contributed by atoms with Gasteiger partial charge in [-0.05, 0) is 30.5 Å². The number of nitriles is 1. The van der Waals surface area contributed by atoms with Gasteiger partial charge in [0.05, 0.1) is 11.0 Å². The summed E-state index contributed by atoms with van der Waals surface area (Å²) < 4.78 is 0. The summed E-state index contributed by atoms with van der Waals surface area (Å²) in [6.45, 7) is 0. The summed E-state index contributed by atoms with van der Waals surface area (Å²) in [5, 5.41) is 18.7. The number of benzene rings is 1. The maximum absolute atomic E-state index is 10.4. The topological polar surface area (TPSA) is 66.9 Å². The molecule has 0 saturated carbocycles. The Morgan fingerprint density at radius 3 is 2.62 bits per heavy atom. The molecule has 0 atom stereocenters. The molecule has 16 heavy (non-hydrogen) atoms. The summed E-state index contributed by atoms with van der Waals surface area (Å²) in [5.41, 5.74) is 1.03. The number of nitro benzene ring substituents is 1. The average molecular weight is 215 g/mol. The van der Waals surface area contributed by atoms with Gasteiger partial charge in [0.1, 0.15) is 0 Å². The van der Waals surface area contributed by atoms with Crippen LogP contribution in [0.5, 0.6) is 0 Å². The lowest BCUT2D eigenvalue weighted by atomic mass is 10.0. The van der Waals surface area contributed by atoms with Gasteiger partial charge in [0.25, 0.3) is 5.69 Å². The zero-order valence-electron chi connectivity index (χ0n) is 8.80. The maximum atomic E-state index is 10.4. The highest BCUT2D eigenvalue weighted by Gasteiger charge is 2.01. The standard InChI is InChI=1S/C12H12N2O2/c13-10-4-2-1-3-5-11-6-8-12(9-7-11)14(15)16/h3,5-9H,1-2,4H2/b5-3+/i10-1. The van der Waals surface area contributed by atoms with Crippen LogP contribution in [0.25, 0.3) is 6.08 Å². The molecule has 1 aromatic carbocycles. The molecule has 1 aromatic rings. The minimum absolute atomic E-state index is 0.0987. The fraction of sp³-hybridized carbons (Fsp3) is 0.250. The minimum Gasteiger partial charge on any atom is -0.258 e. The Kier molecular flexibility index (Phi) is 4.74. The van der Waals surface area contributed by atoms with Crippen molar-refractivity contribution >= 4 is 11.8 Å². The largest absolute Gasteiger partial charge is 0.269 e. The van der Waals surface area contributed by atoms with Gasteiger partial charge >= 0.3 is 0 Å². The molecule has 0 aromatic heterocycles. The van der Waals surface area contributed by atoms with Crippen LogP contribution in [0.2, 0.25) is 0 Å². The molecular weight excluding hydrogens is 203 g/mol. The number of allylic oxidation sites excluding steroid dienone is 1. The first kappa shape index (κ1) is 11.9. The first-order valence-electron chi connectivity index (χ1n) is 5.02. The van der Waals surface area contributed by atoms with Gasteiger partial charge in [-0.25, -0.2) is 0 Å². The molecule has 0 amide bonds. The second-order valence-electron chi connectivity index (χ2n) is 3.30. The molecule has 0 radical (unpaired) electrons. The van der Waals surface area contributed by atoms with E-state index in [4.69, 9.17) is 5.26 Å². The zero-order valence-corrected chi connectivity index (χ0v) is 8.80. The summed E-state index contributed by atoms with van der Waals surface area (Å²) in [4.78, 5) is 9.99. The third-order valence-corrected chi connectivity index (χ3v) is 2.07. The molecule has 0 saturated heterocycles. The number of hydrogen-bond acceptors (Lipinski definition) is 3. The van der Waals surface area contributed by atoms with Crippen LogP contribution < -0.4 is 0 Å². The second kappa shape index (κ2) is 6.36. The van der Waals surface area contributed by atoms with E-state index in [0.29, 0.717) is 6.42 Å². The number of non-ortho nitro benzene ring substituents is 1. The second-order valence-corrected chi connectivity index (χ2v) is 3.30. The highest BCUT2D eigenvalue weighted by molar-refractivity contribution is 5.51. The first-order valence-corrected chi connectivity index (χ1v) is 5.02. The molecule has 4 heteroatoms. The fourth-order valence-electron chi connectivity index (χ4n) is 1.23. The lowest BCUT2D eigenvalue weighted by Crippen LogP contribution is -1.86. The molecule has 0 heterocycles. The predicted molar refractivity (Wildman–Crippen MR) is 61.6 cm³/mol. The van der Waals surface area contributed by atoms with Crippen molar-refractivity contribution in [3.63, 3.8) is 0 Å². The molecule has 0 aliphatic rings. The summed E-state index contributed by atoms with van der Waals surface area (Å²) in [6, 6.07) is 8.45. The number of nitro groups is 1. The molecule has 0 N–H and O–H groups in total. The van der Waals surface area contributed by atoms with Gasteiger partial charge in [-0.2, -0.15) is 5.26 Å². The van der Waals surface area contributed by atoms with Crippen LogP contribution in [0.4, 0.5) is 5.69 Å². The van der Waals surface area contributed by atoms with Crippen molar-refractivity contribution in [3.05, 3.63) is 46.0 Å². The van der Waals surface area contributed by atoms with E-state index in [2.05, 4.69) is 6.07 Å². The molecule has 82 valence electrons. The van der Waals surface area contributed by atoms with E-state index < -0.39 is 4.92 Å². The molecule has 0 spiro atoms. The third-order valence-electron chi connectivity index (χ3n) is 2.07. The van der Waals surface area contributed by atoms with E-state index in [9.17, 15) is 10.1 Å². The first-order chi connectivity index (χ1) is 7.74. The van der Waals surface area contributed by atoms with E-state index in [1.165, 1.54) is 12.1 Å². The molecule has 0 aliphatic heterocycles. The monoisotopic (exact) mass is 215 g/mol. The van der Waals surface area contributed by atoms with Crippen molar-refractivity contribution in [2.45, 2.75) is 19.3 Å². The fourth-order valence-corrected chi connectivity index (χ4v) is 1.23. The van der Waals surface area contributed by atoms with E-state index in [1.54, 1.807) is 12.1 Å². The summed E-state index contributed by atoms with van der Waals surface area (Å²) in [6.07, 6.45) is 6.13. The lowest BCUT2D eigenvalue weighted by molar-refractivity contribution is -0.384. The van der Waals surface area contributed by atoms with Crippen molar-refractivity contribution < 1.29 is 4.92 Å². The van der Waals surface area contributed by atoms with Crippen molar-refractivity contribution in [3.8, 4) is 6.07 Å². The van der Waals surface area contributed by atoms with E-state index in [1.807, 2.05) is 12.2 Å². The van der Waals surface area contributed by atoms with Crippen LogP contribution in [0.3, 0.4) is 0 Å². The summed E-state index contributed by atoms with van der Waals surface area (Å²) >= 11 is 0. The SMILES string of the molecule is N#[11C]CCC/C=C/c1ccc([N+](=O)[O-])cc1. The Morgan fingerprint density at radius 2 is 2.06 bits per heavy atom. The van der Waals surface area contributed by atoms with Gasteiger partial charge in [0, 0.05) is 18.6 Å². The Bertz CT molecular complexity index is 416. The van der Waals surface area contributed by atoms with Gasteiger partial charge in [0.15, 0.2) is 0 Å². The van der Waals surface area contributed by atoms with Crippen molar-refractivity contribution in [1.29, 1.82) is 5.26 Å². The third kappa shape index (κ3) is 3.93. The number of nitrogens with zero attached hydrogens (tertiary/aromatic N) is 2. The van der Waals surface area contributed by atoms with Crippen LogP contribution in [0.15, 0.2) is 30.3 Å². The number of hydrogen-bond donors (Lipinski definition) is 0. The highest BCUT2D eigenvalue weighted by atomic mass is 16.6. The minimum atomic E-state index is -0.416. The molecule has 0 aliphatic carbocycles. The van der Waals surface area contributed by atoms with Crippen LogP contribution >= 0.6 is 0 Å². The maximum Gasteiger partial charge on any atom is 0.269 e. The van der Waals surface area contributed by atoms with E-state index >= 15 is 0 Å². The van der Waals surface area contributed by atoms with Gasteiger partial charge in [-0.3, -0.25) is 10.1 Å². The van der Waals surface area contributed by atoms with Crippen LogP contribution in [0.1, 0.15) is 24.8 Å². The van der Waals surface area contributed by atoms with Gasteiger partial charge < -0.3 is 0 Å². The predicted octanol–water partition coefficient (Wildman–Crippen LogP) is 3.30. The molecule has 4 nitrogen and oxygen atoms in total. The molecule has 0 bridgehead atoms. The Labute approximate surface area is 94.0 Å². The molecular formula is C12H12N2O2. The lowest BCUT2D eigenvalue weighted by Gasteiger charge is -1.93. The van der Waals surface area contributed by atoms with E-state index in [0.717, 1.165) is 18.4 Å². The van der Waals surface area contributed by atoms with Gasteiger partial charge in [-0.1, -0.05) is 12.2 Å². The zero-order chi connectivity index (χ0) is 11.8. The molecule has 0 unspecified atom stereocenters. The van der Waals surface area contributed by atoms with Crippen molar-refractivity contribution in [2.24, 2.45) is 0 Å². The summed E-state index contributed by atoms with van der Waals surface area (Å²) in [7, 11) is 0. The van der Waals surface area contributed by atoms with E-state index in [-0.39, 0.29) is 5.69 Å². The normalized spacial score (nSPS) is 10.2. The van der Waals surface area contributed by atoms with Crippen LogP contribution in [-0.4, -0.2) is 4.92 Å². The van der Waals surface area contributed by atoms with Gasteiger partial charge in [-0.15, -0.1) is 0 Å². The number of unbranched alkanes of at least 4 members (excludes halogenated alkanes) is 2. The Balaban J connectivity index is 2.49. The Hall–Kier alpha value is -2.15. The summed E-state index contributed by atoms with van der Waals surface area (Å²) in [5.74, 6) is 0. The van der Waals surface area contributed by atoms with Crippen LogP contribution in [0, 0.1) is 21.4 Å². The van der Waals surface area contributed by atoms with Crippen molar-refractivity contribution in [2.75, 3.05) is 0 Å². The smallest absolute Gasteiger partial charge is 0.258 e. The van der Waals surface area contributed by atoms with Gasteiger partial charge in [0.2, 0.25) is 0 Å². The Morgan fingerprint density at radius 1 is 1.38 bits per heavy atom. The molecule has 1 rings (SSSR count). The van der Waals surface area contributed by atoms with Crippen LogP contribution in [-0.2, 0) is 0 Å².